The minimum absolute atomic E-state index is 0.0445. The van der Waals surface area contributed by atoms with Crippen LogP contribution in [-0.2, 0) is 19.6 Å². The molecule has 0 saturated heterocycles. The number of amides is 2. The lowest BCUT2D eigenvalue weighted by molar-refractivity contribution is -0.116. The number of sulfonamides is 1. The Balaban J connectivity index is 1.87. The van der Waals surface area contributed by atoms with Crippen molar-refractivity contribution < 1.29 is 18.0 Å². The van der Waals surface area contributed by atoms with Gasteiger partial charge in [0, 0.05) is 36.3 Å². The van der Waals surface area contributed by atoms with Crippen LogP contribution in [0.5, 0.6) is 0 Å². The van der Waals surface area contributed by atoms with E-state index in [0.29, 0.717) is 16.4 Å². The van der Waals surface area contributed by atoms with Crippen LogP contribution in [0.15, 0.2) is 53.4 Å². The van der Waals surface area contributed by atoms with Gasteiger partial charge in [-0.1, -0.05) is 17.7 Å². The summed E-state index contributed by atoms with van der Waals surface area (Å²) in [6.07, 6.45) is -0.0445. The Bertz CT molecular complexity index is 898. The molecule has 7 nitrogen and oxygen atoms in total. The SMILES string of the molecule is CC(=O)Nc1cccc(NC(=O)CCNS(=O)(=O)c2ccc(Cl)cc2)c1. The van der Waals surface area contributed by atoms with Gasteiger partial charge in [-0.25, -0.2) is 13.1 Å². The molecule has 0 unspecified atom stereocenters. The molecular formula is C17H18ClN3O4S. The van der Waals surface area contributed by atoms with E-state index in [9.17, 15) is 18.0 Å². The molecule has 2 aromatic carbocycles. The Morgan fingerprint density at radius 1 is 1.00 bits per heavy atom. The van der Waals surface area contributed by atoms with Crippen LogP contribution in [0, 0.1) is 0 Å². The quantitative estimate of drug-likeness (QED) is 0.670. The number of carbonyl (C=O) groups excluding carboxylic acids is 2. The van der Waals surface area contributed by atoms with Crippen molar-refractivity contribution in [3.63, 3.8) is 0 Å². The van der Waals surface area contributed by atoms with Crippen LogP contribution in [0.25, 0.3) is 0 Å². The highest BCUT2D eigenvalue weighted by molar-refractivity contribution is 7.89. The van der Waals surface area contributed by atoms with Gasteiger partial charge in [0.1, 0.15) is 0 Å². The van der Waals surface area contributed by atoms with Crippen LogP contribution in [0.1, 0.15) is 13.3 Å². The first-order chi connectivity index (χ1) is 12.3. The highest BCUT2D eigenvalue weighted by atomic mass is 35.5. The molecule has 2 rings (SSSR count). The van der Waals surface area contributed by atoms with Gasteiger partial charge in [0.25, 0.3) is 0 Å². The van der Waals surface area contributed by atoms with Crippen molar-refractivity contribution in [2.75, 3.05) is 17.2 Å². The summed E-state index contributed by atoms with van der Waals surface area (Å²) in [5.41, 5.74) is 1.06. The largest absolute Gasteiger partial charge is 0.326 e. The molecule has 0 aliphatic rings. The van der Waals surface area contributed by atoms with E-state index in [2.05, 4.69) is 15.4 Å². The van der Waals surface area contributed by atoms with E-state index in [0.717, 1.165) is 0 Å². The second kappa shape index (κ2) is 8.79. The zero-order chi connectivity index (χ0) is 19.2. The molecule has 138 valence electrons. The fraction of sp³-hybridized carbons (Fsp3) is 0.176. The molecule has 0 atom stereocenters. The minimum Gasteiger partial charge on any atom is -0.326 e. The van der Waals surface area contributed by atoms with Crippen molar-refractivity contribution in [1.82, 2.24) is 4.72 Å². The highest BCUT2D eigenvalue weighted by Crippen LogP contribution is 2.16. The second-order valence-electron chi connectivity index (χ2n) is 5.41. The standard InChI is InChI=1S/C17H18ClN3O4S/c1-12(22)20-14-3-2-4-15(11-14)21-17(23)9-10-19-26(24,25)16-7-5-13(18)6-8-16/h2-8,11,19H,9-10H2,1H3,(H,20,22)(H,21,23). The van der Waals surface area contributed by atoms with Gasteiger partial charge in [-0.2, -0.15) is 0 Å². The Morgan fingerprint density at radius 2 is 1.62 bits per heavy atom. The lowest BCUT2D eigenvalue weighted by atomic mass is 10.2. The van der Waals surface area contributed by atoms with Crippen LogP contribution in [0.4, 0.5) is 11.4 Å². The van der Waals surface area contributed by atoms with Crippen LogP contribution < -0.4 is 15.4 Å². The summed E-state index contributed by atoms with van der Waals surface area (Å²) in [4.78, 5) is 23.1. The van der Waals surface area contributed by atoms with Gasteiger partial charge in [-0.15, -0.1) is 0 Å². The van der Waals surface area contributed by atoms with E-state index in [1.165, 1.54) is 31.2 Å². The molecule has 9 heteroatoms. The molecule has 0 spiro atoms. The molecule has 0 bridgehead atoms. The summed E-state index contributed by atoms with van der Waals surface area (Å²) in [5.74, 6) is -0.575. The molecule has 0 heterocycles. The van der Waals surface area contributed by atoms with E-state index in [-0.39, 0.29) is 29.7 Å². The zero-order valence-electron chi connectivity index (χ0n) is 14.0. The predicted molar refractivity (Wildman–Crippen MR) is 101 cm³/mol. The third-order valence-electron chi connectivity index (χ3n) is 3.23. The Hall–Kier alpha value is -2.42. The second-order valence-corrected chi connectivity index (χ2v) is 7.62. The lowest BCUT2D eigenvalue weighted by Crippen LogP contribution is -2.27. The van der Waals surface area contributed by atoms with E-state index < -0.39 is 10.0 Å². The number of carbonyl (C=O) groups is 2. The average Bonchev–Trinajstić information content (AvgIpc) is 2.54. The van der Waals surface area contributed by atoms with Crippen molar-refractivity contribution in [2.45, 2.75) is 18.2 Å². The monoisotopic (exact) mass is 395 g/mol. The fourth-order valence-electron chi connectivity index (χ4n) is 2.10. The first-order valence-electron chi connectivity index (χ1n) is 7.69. The maximum Gasteiger partial charge on any atom is 0.240 e. The smallest absolute Gasteiger partial charge is 0.240 e. The molecular weight excluding hydrogens is 378 g/mol. The number of rotatable bonds is 7. The average molecular weight is 396 g/mol. The van der Waals surface area contributed by atoms with Crippen molar-refractivity contribution >= 4 is 44.8 Å². The van der Waals surface area contributed by atoms with Crippen molar-refractivity contribution in [3.05, 3.63) is 53.6 Å². The first kappa shape index (κ1) is 19.9. The van der Waals surface area contributed by atoms with Gasteiger partial charge in [0.15, 0.2) is 0 Å². The Labute approximate surface area is 156 Å². The zero-order valence-corrected chi connectivity index (χ0v) is 15.5. The number of benzene rings is 2. The molecule has 2 amide bonds. The molecule has 0 aromatic heterocycles. The highest BCUT2D eigenvalue weighted by Gasteiger charge is 2.14. The summed E-state index contributed by atoms with van der Waals surface area (Å²) in [7, 11) is -3.70. The van der Waals surface area contributed by atoms with E-state index in [1.807, 2.05) is 0 Å². The van der Waals surface area contributed by atoms with E-state index >= 15 is 0 Å². The van der Waals surface area contributed by atoms with Crippen LogP contribution >= 0.6 is 11.6 Å². The topological polar surface area (TPSA) is 104 Å². The predicted octanol–water partition coefficient (Wildman–Crippen LogP) is 2.61. The molecule has 3 N–H and O–H groups in total. The maximum atomic E-state index is 12.1. The van der Waals surface area contributed by atoms with Crippen molar-refractivity contribution in [1.29, 1.82) is 0 Å². The Kier molecular flexibility index (Phi) is 6.73. The maximum absolute atomic E-state index is 12.1. The molecule has 0 fully saturated rings. The van der Waals surface area contributed by atoms with Gasteiger partial charge < -0.3 is 10.6 Å². The number of anilines is 2. The molecule has 26 heavy (non-hydrogen) atoms. The molecule has 0 aliphatic carbocycles. The fourth-order valence-corrected chi connectivity index (χ4v) is 3.26. The normalized spacial score (nSPS) is 11.0. The van der Waals surface area contributed by atoms with Gasteiger partial charge in [0.2, 0.25) is 21.8 Å². The van der Waals surface area contributed by atoms with Crippen molar-refractivity contribution in [3.8, 4) is 0 Å². The molecule has 0 aliphatic heterocycles. The minimum atomic E-state index is -3.70. The molecule has 0 saturated carbocycles. The lowest BCUT2D eigenvalue weighted by Gasteiger charge is -2.09. The summed E-state index contributed by atoms with van der Waals surface area (Å²) in [5, 5.41) is 5.69. The van der Waals surface area contributed by atoms with E-state index in [1.54, 1.807) is 24.3 Å². The van der Waals surface area contributed by atoms with Gasteiger partial charge in [-0.05, 0) is 42.5 Å². The number of hydrogen-bond donors (Lipinski definition) is 3. The number of halogens is 1. The summed E-state index contributed by atoms with van der Waals surface area (Å²) in [6.45, 7) is 1.33. The summed E-state index contributed by atoms with van der Waals surface area (Å²) < 4.78 is 26.6. The molecule has 2 aromatic rings. The molecule has 0 radical (unpaired) electrons. The van der Waals surface area contributed by atoms with Gasteiger partial charge in [-0.3, -0.25) is 9.59 Å². The van der Waals surface area contributed by atoms with Gasteiger partial charge >= 0.3 is 0 Å². The van der Waals surface area contributed by atoms with Crippen LogP contribution in [0.3, 0.4) is 0 Å². The number of hydrogen-bond acceptors (Lipinski definition) is 4. The van der Waals surface area contributed by atoms with Crippen LogP contribution in [-0.4, -0.2) is 26.8 Å². The third-order valence-corrected chi connectivity index (χ3v) is 4.96. The van der Waals surface area contributed by atoms with E-state index in [4.69, 9.17) is 11.6 Å². The number of nitrogens with one attached hydrogen (secondary N) is 3. The summed E-state index contributed by atoms with van der Waals surface area (Å²) in [6, 6.07) is 12.4. The summed E-state index contributed by atoms with van der Waals surface area (Å²) >= 11 is 5.73. The first-order valence-corrected chi connectivity index (χ1v) is 9.55. The van der Waals surface area contributed by atoms with Crippen molar-refractivity contribution in [2.24, 2.45) is 0 Å². The van der Waals surface area contributed by atoms with Gasteiger partial charge in [0.05, 0.1) is 4.90 Å². The van der Waals surface area contributed by atoms with Crippen LogP contribution in [0.2, 0.25) is 5.02 Å². The third kappa shape index (κ3) is 6.14. The Morgan fingerprint density at radius 3 is 2.23 bits per heavy atom.